The molecule has 1 aliphatic rings. The van der Waals surface area contributed by atoms with Crippen LogP contribution in [-0.4, -0.2) is 34.6 Å². The molecule has 1 N–H and O–H groups in total. The molecule has 0 saturated heterocycles. The number of carboxylic acid groups (broad SMARTS) is 1. The van der Waals surface area contributed by atoms with Gasteiger partial charge in [-0.25, -0.2) is 0 Å². The number of hydrogen-bond donors (Lipinski definition) is 1. The number of nitrogens with zero attached hydrogens (tertiary/aromatic N) is 1. The first-order valence-electron chi connectivity index (χ1n) is 7.82. The van der Waals surface area contributed by atoms with Gasteiger partial charge in [0.1, 0.15) is 5.54 Å². The maximum Gasteiger partial charge on any atom is 0.324 e. The molecule has 1 rings (SSSR count). The van der Waals surface area contributed by atoms with Crippen molar-refractivity contribution in [3.05, 3.63) is 0 Å². The molecule has 0 atom stereocenters. The predicted molar refractivity (Wildman–Crippen MR) is 79.3 cm³/mol. The van der Waals surface area contributed by atoms with Crippen molar-refractivity contribution in [2.75, 3.05) is 13.1 Å². The minimum Gasteiger partial charge on any atom is -0.480 e. The van der Waals surface area contributed by atoms with Crippen molar-refractivity contribution >= 4 is 5.97 Å². The van der Waals surface area contributed by atoms with Gasteiger partial charge in [-0.15, -0.1) is 0 Å². The molecule has 3 heteroatoms. The van der Waals surface area contributed by atoms with E-state index in [4.69, 9.17) is 0 Å². The van der Waals surface area contributed by atoms with E-state index in [0.717, 1.165) is 38.8 Å². The predicted octanol–water partition coefficient (Wildman–Crippen LogP) is 3.78. The topological polar surface area (TPSA) is 40.5 Å². The molecule has 0 unspecified atom stereocenters. The van der Waals surface area contributed by atoms with Crippen LogP contribution in [0.25, 0.3) is 0 Å². The van der Waals surface area contributed by atoms with Crippen LogP contribution in [0.4, 0.5) is 0 Å². The summed E-state index contributed by atoms with van der Waals surface area (Å²) in [5.41, 5.74) is -0.266. The Labute approximate surface area is 118 Å². The lowest BCUT2D eigenvalue weighted by molar-refractivity contribution is -0.155. The average Bonchev–Trinajstić information content (AvgIpc) is 2.40. The number of likely N-dealkylation sites (N-methyl/N-ethyl adjacent to an activating group) is 1. The molecule has 112 valence electrons. The van der Waals surface area contributed by atoms with Crippen LogP contribution in [0.5, 0.6) is 0 Å². The Hall–Kier alpha value is -0.570. The molecule has 0 heterocycles. The molecule has 0 radical (unpaired) electrons. The fourth-order valence-corrected chi connectivity index (χ4v) is 3.66. The Morgan fingerprint density at radius 3 is 2.00 bits per heavy atom. The zero-order valence-electron chi connectivity index (χ0n) is 13.3. The summed E-state index contributed by atoms with van der Waals surface area (Å²) in [7, 11) is 0. The molecule has 0 aromatic rings. The number of carboxylic acids is 1. The molecule has 1 aliphatic carbocycles. The van der Waals surface area contributed by atoms with E-state index in [2.05, 4.69) is 39.5 Å². The Kier molecular flexibility index (Phi) is 5.43. The van der Waals surface area contributed by atoms with Gasteiger partial charge in [-0.3, -0.25) is 9.69 Å². The van der Waals surface area contributed by atoms with Crippen molar-refractivity contribution in [3.63, 3.8) is 0 Å². The van der Waals surface area contributed by atoms with Gasteiger partial charge in [-0.05, 0) is 50.1 Å². The van der Waals surface area contributed by atoms with Gasteiger partial charge in [0.05, 0.1) is 0 Å². The van der Waals surface area contributed by atoms with Gasteiger partial charge in [0.15, 0.2) is 0 Å². The monoisotopic (exact) mass is 269 g/mol. The first-order chi connectivity index (χ1) is 8.84. The van der Waals surface area contributed by atoms with Gasteiger partial charge in [-0.2, -0.15) is 0 Å². The van der Waals surface area contributed by atoms with E-state index in [-0.39, 0.29) is 0 Å². The van der Waals surface area contributed by atoms with Gasteiger partial charge in [-0.1, -0.05) is 41.0 Å². The molecule has 1 fully saturated rings. The number of aliphatic carboxylic acids is 1. The molecule has 0 aromatic carbocycles. The lowest BCUT2D eigenvalue weighted by Crippen LogP contribution is -2.57. The highest BCUT2D eigenvalue weighted by atomic mass is 16.4. The lowest BCUT2D eigenvalue weighted by atomic mass is 9.65. The van der Waals surface area contributed by atoms with E-state index in [1.807, 2.05) is 0 Å². The largest absolute Gasteiger partial charge is 0.480 e. The number of carbonyl (C=O) groups is 1. The quantitative estimate of drug-likeness (QED) is 0.797. The van der Waals surface area contributed by atoms with Crippen molar-refractivity contribution in [2.24, 2.45) is 11.3 Å². The van der Waals surface area contributed by atoms with Crippen LogP contribution in [0, 0.1) is 11.3 Å². The minimum absolute atomic E-state index is 0.341. The van der Waals surface area contributed by atoms with Crippen LogP contribution in [0.1, 0.15) is 66.7 Å². The highest BCUT2D eigenvalue weighted by molar-refractivity contribution is 5.79. The zero-order valence-corrected chi connectivity index (χ0v) is 13.3. The van der Waals surface area contributed by atoms with Crippen LogP contribution in [-0.2, 0) is 4.79 Å². The zero-order chi connectivity index (χ0) is 14.7. The van der Waals surface area contributed by atoms with Crippen LogP contribution in [0.15, 0.2) is 0 Å². The summed E-state index contributed by atoms with van der Waals surface area (Å²) < 4.78 is 0. The Balaban J connectivity index is 2.84. The van der Waals surface area contributed by atoms with Crippen LogP contribution >= 0.6 is 0 Å². The van der Waals surface area contributed by atoms with Gasteiger partial charge in [0, 0.05) is 0 Å². The van der Waals surface area contributed by atoms with Gasteiger partial charge in [0.25, 0.3) is 0 Å². The first-order valence-corrected chi connectivity index (χ1v) is 7.82. The molecule has 19 heavy (non-hydrogen) atoms. The van der Waals surface area contributed by atoms with Crippen LogP contribution < -0.4 is 0 Å². The molecule has 1 saturated carbocycles. The molecule has 0 amide bonds. The summed E-state index contributed by atoms with van der Waals surface area (Å²) in [4.78, 5) is 14.0. The third-order valence-electron chi connectivity index (χ3n) is 5.60. The maximum atomic E-state index is 11.8. The van der Waals surface area contributed by atoms with E-state index in [1.54, 1.807) is 0 Å². The van der Waals surface area contributed by atoms with Crippen LogP contribution in [0.2, 0.25) is 0 Å². The minimum atomic E-state index is -0.621. The average molecular weight is 269 g/mol. The number of hydrogen-bond acceptors (Lipinski definition) is 2. The summed E-state index contributed by atoms with van der Waals surface area (Å²) >= 11 is 0. The first kappa shape index (κ1) is 16.5. The highest BCUT2D eigenvalue weighted by Crippen LogP contribution is 2.45. The van der Waals surface area contributed by atoms with Crippen molar-refractivity contribution in [3.8, 4) is 0 Å². The molecule has 3 nitrogen and oxygen atoms in total. The third-order valence-corrected chi connectivity index (χ3v) is 5.60. The van der Waals surface area contributed by atoms with Gasteiger partial charge >= 0.3 is 5.97 Å². The van der Waals surface area contributed by atoms with E-state index in [9.17, 15) is 9.90 Å². The molecule has 0 aliphatic heterocycles. The van der Waals surface area contributed by atoms with Crippen molar-refractivity contribution in [1.29, 1.82) is 0 Å². The van der Waals surface area contributed by atoms with E-state index < -0.39 is 11.5 Å². The summed E-state index contributed by atoms with van der Waals surface area (Å²) in [6.45, 7) is 12.7. The molecule has 0 aromatic heterocycles. The molecular formula is C16H31NO2. The Morgan fingerprint density at radius 1 is 1.21 bits per heavy atom. The van der Waals surface area contributed by atoms with Crippen molar-refractivity contribution in [2.45, 2.75) is 72.3 Å². The normalized spacial score (nSPS) is 28.6. The summed E-state index contributed by atoms with van der Waals surface area (Å²) in [6.07, 6.45) is 4.87. The van der Waals surface area contributed by atoms with Crippen molar-refractivity contribution in [1.82, 2.24) is 4.90 Å². The van der Waals surface area contributed by atoms with Crippen molar-refractivity contribution < 1.29 is 9.90 Å². The second kappa shape index (κ2) is 6.25. The third kappa shape index (κ3) is 3.13. The standard InChI is InChI=1S/C16H31NO2/c1-6-15(4,5)13-9-11-16(12-10-13,14(18)19)17(7-2)8-3/h13H,6-12H2,1-5H3,(H,18,19). The summed E-state index contributed by atoms with van der Waals surface area (Å²) in [6, 6.07) is 0. The highest BCUT2D eigenvalue weighted by Gasteiger charge is 2.47. The lowest BCUT2D eigenvalue weighted by Gasteiger charge is -2.47. The van der Waals surface area contributed by atoms with E-state index in [0.29, 0.717) is 11.3 Å². The van der Waals surface area contributed by atoms with Gasteiger partial charge < -0.3 is 5.11 Å². The molecule has 0 spiro atoms. The smallest absolute Gasteiger partial charge is 0.324 e. The fourth-order valence-electron chi connectivity index (χ4n) is 3.66. The Bertz CT molecular complexity index is 300. The molecule has 0 bridgehead atoms. The van der Waals surface area contributed by atoms with E-state index >= 15 is 0 Å². The second-order valence-corrected chi connectivity index (χ2v) is 6.63. The second-order valence-electron chi connectivity index (χ2n) is 6.63. The SMILES string of the molecule is CCN(CC)C1(C(=O)O)CCC(C(C)(C)CC)CC1. The summed E-state index contributed by atoms with van der Waals surface area (Å²) in [5.74, 6) is 0.0458. The maximum absolute atomic E-state index is 11.8. The van der Waals surface area contributed by atoms with Crippen LogP contribution in [0.3, 0.4) is 0 Å². The Morgan fingerprint density at radius 2 is 1.68 bits per heavy atom. The van der Waals surface area contributed by atoms with Gasteiger partial charge in [0.2, 0.25) is 0 Å². The van der Waals surface area contributed by atoms with E-state index in [1.165, 1.54) is 6.42 Å². The fraction of sp³-hybridized carbons (Fsp3) is 0.938. The summed E-state index contributed by atoms with van der Waals surface area (Å²) in [5, 5.41) is 9.73. The molecular weight excluding hydrogens is 238 g/mol. The number of rotatable bonds is 6.